The van der Waals surface area contributed by atoms with Crippen molar-refractivity contribution in [3.05, 3.63) is 60.8 Å². The number of rotatable bonds is 32. The molecule has 0 aliphatic carbocycles. The summed E-state index contributed by atoms with van der Waals surface area (Å²) in [5.74, 6) is -0.853. The number of aliphatic hydroxyl groups is 4. The van der Waals surface area contributed by atoms with Crippen molar-refractivity contribution < 1.29 is 49.0 Å². The van der Waals surface area contributed by atoms with Gasteiger partial charge in [0, 0.05) is 12.8 Å². The summed E-state index contributed by atoms with van der Waals surface area (Å²) in [7, 11) is 0. The van der Waals surface area contributed by atoms with Gasteiger partial charge in [0.05, 0.1) is 13.2 Å². The molecule has 1 saturated heterocycles. The Bertz CT molecular complexity index is 1050. The molecule has 304 valence electrons. The Kier molecular flexibility index (Phi) is 31.0. The molecule has 0 bridgehead atoms. The Labute approximate surface area is 320 Å². The van der Waals surface area contributed by atoms with Crippen LogP contribution in [-0.4, -0.2) is 89.0 Å². The molecule has 0 amide bonds. The third-order valence-electron chi connectivity index (χ3n) is 8.89. The van der Waals surface area contributed by atoms with E-state index < -0.39 is 55.4 Å². The van der Waals surface area contributed by atoms with E-state index in [4.69, 9.17) is 18.9 Å². The van der Waals surface area contributed by atoms with Crippen LogP contribution in [0.25, 0.3) is 0 Å². The molecule has 1 aliphatic heterocycles. The van der Waals surface area contributed by atoms with Crippen molar-refractivity contribution in [2.24, 2.45) is 0 Å². The van der Waals surface area contributed by atoms with Gasteiger partial charge in [-0.15, -0.1) is 0 Å². The summed E-state index contributed by atoms with van der Waals surface area (Å²) in [4.78, 5) is 25.2. The summed E-state index contributed by atoms with van der Waals surface area (Å²) >= 11 is 0. The summed E-state index contributed by atoms with van der Waals surface area (Å²) in [6.45, 7) is 3.21. The highest BCUT2D eigenvalue weighted by Crippen LogP contribution is 2.22. The van der Waals surface area contributed by atoms with Crippen molar-refractivity contribution in [3.63, 3.8) is 0 Å². The monoisotopic (exact) mass is 749 g/mol. The lowest BCUT2D eigenvalue weighted by Crippen LogP contribution is -2.59. The number of carbonyl (C=O) groups is 2. The minimum absolute atomic E-state index is 0.197. The summed E-state index contributed by atoms with van der Waals surface area (Å²) in [6.07, 6.45) is 32.3. The lowest BCUT2D eigenvalue weighted by Gasteiger charge is -2.39. The van der Waals surface area contributed by atoms with Crippen LogP contribution in [0.2, 0.25) is 0 Å². The second kappa shape index (κ2) is 33.9. The fourth-order valence-electron chi connectivity index (χ4n) is 5.63. The van der Waals surface area contributed by atoms with Crippen LogP contribution in [0.4, 0.5) is 0 Å². The van der Waals surface area contributed by atoms with E-state index in [1.807, 2.05) is 0 Å². The van der Waals surface area contributed by atoms with Gasteiger partial charge >= 0.3 is 11.9 Å². The largest absolute Gasteiger partial charge is 0.462 e. The van der Waals surface area contributed by atoms with Gasteiger partial charge in [0.1, 0.15) is 31.0 Å². The van der Waals surface area contributed by atoms with E-state index >= 15 is 0 Å². The molecule has 0 saturated carbocycles. The molecule has 1 aliphatic rings. The lowest BCUT2D eigenvalue weighted by atomic mass is 9.99. The van der Waals surface area contributed by atoms with E-state index in [2.05, 4.69) is 74.6 Å². The zero-order chi connectivity index (χ0) is 38.8. The maximum Gasteiger partial charge on any atom is 0.306 e. The minimum atomic E-state index is -1.60. The Morgan fingerprint density at radius 2 is 1.11 bits per heavy atom. The van der Waals surface area contributed by atoms with Gasteiger partial charge < -0.3 is 39.4 Å². The first kappa shape index (κ1) is 48.4. The zero-order valence-electron chi connectivity index (χ0n) is 32.7. The highest BCUT2D eigenvalue weighted by atomic mass is 16.7. The van der Waals surface area contributed by atoms with Crippen LogP contribution in [0.1, 0.15) is 142 Å². The number of unbranched alkanes of at least 4 members (excludes halogenated alkanes) is 11. The molecule has 1 heterocycles. The summed E-state index contributed by atoms with van der Waals surface area (Å²) in [5, 5.41) is 39.9. The van der Waals surface area contributed by atoms with Gasteiger partial charge in [-0.25, -0.2) is 0 Å². The molecule has 0 aromatic rings. The number of allylic oxidation sites excluding steroid dienone is 10. The maximum absolute atomic E-state index is 12.7. The van der Waals surface area contributed by atoms with Crippen molar-refractivity contribution in [2.45, 2.75) is 179 Å². The average Bonchev–Trinajstić information content (AvgIpc) is 3.15. The number of hydrogen-bond acceptors (Lipinski definition) is 10. The molecular formula is C43H72O10. The van der Waals surface area contributed by atoms with Crippen molar-refractivity contribution in [3.8, 4) is 0 Å². The highest BCUT2D eigenvalue weighted by Gasteiger charge is 2.44. The molecule has 6 atom stereocenters. The van der Waals surface area contributed by atoms with Crippen LogP contribution < -0.4 is 0 Å². The van der Waals surface area contributed by atoms with Crippen molar-refractivity contribution >= 4 is 11.9 Å². The van der Waals surface area contributed by atoms with Crippen molar-refractivity contribution in [2.75, 3.05) is 19.8 Å². The summed E-state index contributed by atoms with van der Waals surface area (Å²) < 4.78 is 22.0. The molecule has 0 radical (unpaired) electrons. The molecule has 4 N–H and O–H groups in total. The smallest absolute Gasteiger partial charge is 0.306 e. The van der Waals surface area contributed by atoms with E-state index in [0.717, 1.165) is 89.9 Å². The fraction of sp³-hybridized carbons (Fsp3) is 0.721. The van der Waals surface area contributed by atoms with Gasteiger partial charge in [0.25, 0.3) is 0 Å². The van der Waals surface area contributed by atoms with Gasteiger partial charge in [-0.1, -0.05) is 120 Å². The predicted molar refractivity (Wildman–Crippen MR) is 210 cm³/mol. The van der Waals surface area contributed by atoms with Crippen LogP contribution in [0.15, 0.2) is 60.8 Å². The van der Waals surface area contributed by atoms with Crippen LogP contribution >= 0.6 is 0 Å². The first-order valence-electron chi connectivity index (χ1n) is 20.4. The number of hydrogen-bond donors (Lipinski definition) is 4. The van der Waals surface area contributed by atoms with E-state index in [9.17, 15) is 30.0 Å². The molecule has 0 aromatic carbocycles. The molecule has 6 unspecified atom stereocenters. The van der Waals surface area contributed by atoms with Gasteiger partial charge in [0.15, 0.2) is 12.4 Å². The minimum Gasteiger partial charge on any atom is -0.462 e. The Hall–Kier alpha value is -2.60. The molecule has 1 rings (SSSR count). The fourth-order valence-corrected chi connectivity index (χ4v) is 5.63. The van der Waals surface area contributed by atoms with E-state index in [1.54, 1.807) is 0 Å². The molecule has 1 fully saturated rings. The zero-order valence-corrected chi connectivity index (χ0v) is 32.7. The maximum atomic E-state index is 12.7. The third-order valence-corrected chi connectivity index (χ3v) is 8.89. The van der Waals surface area contributed by atoms with Crippen LogP contribution in [0.5, 0.6) is 0 Å². The average molecular weight is 749 g/mol. The van der Waals surface area contributed by atoms with Crippen molar-refractivity contribution in [1.29, 1.82) is 0 Å². The molecule has 10 heteroatoms. The first-order valence-corrected chi connectivity index (χ1v) is 20.4. The second-order valence-electron chi connectivity index (χ2n) is 13.7. The number of aliphatic hydroxyl groups excluding tert-OH is 4. The van der Waals surface area contributed by atoms with E-state index in [0.29, 0.717) is 12.8 Å². The van der Waals surface area contributed by atoms with Crippen LogP contribution in [0.3, 0.4) is 0 Å². The summed E-state index contributed by atoms with van der Waals surface area (Å²) in [5.41, 5.74) is 0. The van der Waals surface area contributed by atoms with Gasteiger partial charge in [-0.2, -0.15) is 0 Å². The number of esters is 2. The molecule has 53 heavy (non-hydrogen) atoms. The molecule has 0 aromatic heterocycles. The standard InChI is InChI=1S/C43H72O10/c1-3-5-7-9-11-13-15-16-17-18-19-20-22-24-26-28-30-32-39(46)52-36(35-51-43-42(49)41(48)40(47)37(33-44)53-43)34-50-38(45)31-29-27-25-23-21-14-12-10-8-6-4-2/h5,7,10-13,16-17,19-20,36-37,40-44,47-49H,3-4,6,8-9,14-15,18,21-35H2,1-2H3/b7-5-,12-10-,13-11-,17-16-,20-19-. The molecular weight excluding hydrogens is 676 g/mol. The molecule has 10 nitrogen and oxygen atoms in total. The SMILES string of the molecule is CC/C=C\C/C=C\C/C=C\C/C=C\CCCCCCC(=O)OC(COC(=O)CCCCCCC/C=C\CCCC)COC1OC(CO)C(O)C(O)C1O. The quantitative estimate of drug-likeness (QED) is 0.0304. The van der Waals surface area contributed by atoms with Gasteiger partial charge in [0.2, 0.25) is 0 Å². The van der Waals surface area contributed by atoms with E-state index in [1.165, 1.54) is 12.8 Å². The molecule has 0 spiro atoms. The number of ether oxygens (including phenoxy) is 4. The van der Waals surface area contributed by atoms with Crippen LogP contribution in [0, 0.1) is 0 Å². The second-order valence-corrected chi connectivity index (χ2v) is 13.7. The van der Waals surface area contributed by atoms with Gasteiger partial charge in [-0.3, -0.25) is 9.59 Å². The summed E-state index contributed by atoms with van der Waals surface area (Å²) in [6, 6.07) is 0. The normalized spacial score (nSPS) is 21.5. The van der Waals surface area contributed by atoms with Gasteiger partial charge in [-0.05, 0) is 70.6 Å². The van der Waals surface area contributed by atoms with Crippen molar-refractivity contribution in [1.82, 2.24) is 0 Å². The van der Waals surface area contributed by atoms with E-state index in [-0.39, 0.29) is 26.1 Å². The Morgan fingerprint density at radius 3 is 1.70 bits per heavy atom. The number of carbonyl (C=O) groups excluding carboxylic acids is 2. The first-order chi connectivity index (χ1) is 25.8. The highest BCUT2D eigenvalue weighted by molar-refractivity contribution is 5.70. The topological polar surface area (TPSA) is 152 Å². The lowest BCUT2D eigenvalue weighted by molar-refractivity contribution is -0.305. The Morgan fingerprint density at radius 1 is 0.604 bits per heavy atom. The van der Waals surface area contributed by atoms with Crippen LogP contribution in [-0.2, 0) is 28.5 Å². The Balaban J connectivity index is 2.40. The third kappa shape index (κ3) is 25.9. The predicted octanol–water partition coefficient (Wildman–Crippen LogP) is 7.88.